The van der Waals surface area contributed by atoms with Gasteiger partial charge in [-0.3, -0.25) is 4.79 Å². The molecule has 1 aromatic heterocycles. The number of halogens is 2. The molecule has 1 amide bonds. The van der Waals surface area contributed by atoms with Crippen LogP contribution in [0, 0.1) is 5.82 Å². The van der Waals surface area contributed by atoms with Gasteiger partial charge < -0.3 is 24.7 Å². The minimum atomic E-state index is -3.86. The summed E-state index contributed by atoms with van der Waals surface area (Å²) in [5.74, 6) is 0.305. The molecule has 3 aromatic carbocycles. The first kappa shape index (κ1) is 29.8. The van der Waals surface area contributed by atoms with Gasteiger partial charge in [0.05, 0.1) is 33.0 Å². The van der Waals surface area contributed by atoms with E-state index in [1.54, 1.807) is 49.4 Å². The molecule has 4 aromatic rings. The fraction of sp³-hybridized carbons (Fsp3) is 0.250. The molecule has 220 valence electrons. The smallest absolute Gasteiger partial charge is 0.316 e. The molecule has 2 heterocycles. The standard InChI is InChI=1S/C28H26ClFN4O6S2/c1-2-39-26-14-23-21(13-24(26)34-27(35)12-20-8-9-41(36)42(20,37)38)28(32-16-31-23)33-19-6-7-25(22(29)11-19)40-15-17-4-3-5-18(30)10-17/h3-7,10-11,13-14,16,20H,2,8-9,12,15H2,1H3,(H,34,35)(H,31,32,33). The van der Waals surface area contributed by atoms with Crippen molar-refractivity contribution < 1.29 is 31.6 Å². The third-order valence-corrected chi connectivity index (χ3v) is 11.9. The van der Waals surface area contributed by atoms with Crippen molar-refractivity contribution in [3.8, 4) is 11.5 Å². The Morgan fingerprint density at radius 2 is 1.98 bits per heavy atom. The highest BCUT2D eigenvalue weighted by atomic mass is 35.5. The van der Waals surface area contributed by atoms with E-state index in [0.717, 1.165) is 0 Å². The number of hydrogen-bond donors (Lipinski definition) is 2. The maximum Gasteiger partial charge on any atom is 0.316 e. The number of hydrogen-bond acceptors (Lipinski definition) is 9. The maximum absolute atomic E-state index is 13.5. The van der Waals surface area contributed by atoms with Crippen LogP contribution in [-0.2, 0) is 30.5 Å². The lowest BCUT2D eigenvalue weighted by atomic mass is 10.1. The second-order valence-corrected chi connectivity index (χ2v) is 15.0. The predicted molar refractivity (Wildman–Crippen MR) is 160 cm³/mol. The predicted octanol–water partition coefficient (Wildman–Crippen LogP) is 5.32. The molecular weight excluding hydrogens is 607 g/mol. The molecule has 0 spiro atoms. The van der Waals surface area contributed by atoms with Crippen molar-refractivity contribution in [1.29, 1.82) is 0 Å². The first-order valence-electron chi connectivity index (χ1n) is 12.9. The van der Waals surface area contributed by atoms with Crippen molar-refractivity contribution >= 4 is 64.7 Å². The van der Waals surface area contributed by atoms with Crippen LogP contribution in [0.15, 0.2) is 60.9 Å². The molecule has 0 radical (unpaired) electrons. The summed E-state index contributed by atoms with van der Waals surface area (Å²) in [6.07, 6.45) is 1.22. The Hall–Kier alpha value is -3.65. The van der Waals surface area contributed by atoms with Gasteiger partial charge in [0.25, 0.3) is 0 Å². The summed E-state index contributed by atoms with van der Waals surface area (Å²) in [4.78, 5) is 21.5. The Kier molecular flexibility index (Phi) is 9.02. The van der Waals surface area contributed by atoms with Gasteiger partial charge in [-0.2, -0.15) is 8.42 Å². The van der Waals surface area contributed by atoms with Crippen molar-refractivity contribution in [2.24, 2.45) is 0 Å². The molecule has 2 N–H and O–H groups in total. The summed E-state index contributed by atoms with van der Waals surface area (Å²) < 4.78 is 61.2. The van der Waals surface area contributed by atoms with Gasteiger partial charge in [0.15, 0.2) is 0 Å². The second kappa shape index (κ2) is 12.7. The van der Waals surface area contributed by atoms with E-state index in [-0.39, 0.29) is 31.0 Å². The summed E-state index contributed by atoms with van der Waals surface area (Å²) in [5, 5.41) is 5.80. The van der Waals surface area contributed by atoms with Gasteiger partial charge >= 0.3 is 8.87 Å². The van der Waals surface area contributed by atoms with Gasteiger partial charge in [-0.15, -0.1) is 0 Å². The quantitative estimate of drug-likeness (QED) is 0.175. The van der Waals surface area contributed by atoms with Crippen LogP contribution in [0.2, 0.25) is 5.02 Å². The summed E-state index contributed by atoms with van der Waals surface area (Å²) in [7, 11) is -5.84. The molecule has 0 saturated carbocycles. The zero-order valence-corrected chi connectivity index (χ0v) is 24.7. The number of carbonyl (C=O) groups excluding carboxylic acids is 1. The number of carbonyl (C=O) groups is 1. The van der Waals surface area contributed by atoms with E-state index in [9.17, 15) is 22.2 Å². The number of amides is 1. The number of anilines is 3. The lowest BCUT2D eigenvalue weighted by molar-refractivity contribution is -0.116. The van der Waals surface area contributed by atoms with Crippen molar-refractivity contribution in [3.05, 3.63) is 77.3 Å². The van der Waals surface area contributed by atoms with Gasteiger partial charge in [-0.1, -0.05) is 23.7 Å². The number of aromatic nitrogens is 2. The first-order valence-corrected chi connectivity index (χ1v) is 16.7. The van der Waals surface area contributed by atoms with E-state index in [1.165, 1.54) is 18.5 Å². The number of nitrogens with zero attached hydrogens (tertiary/aromatic N) is 2. The molecule has 1 fully saturated rings. The fourth-order valence-corrected chi connectivity index (χ4v) is 8.98. The molecule has 1 aliphatic rings. The molecule has 14 heteroatoms. The molecule has 1 saturated heterocycles. The number of fused-ring (bicyclic) bond motifs is 1. The van der Waals surface area contributed by atoms with Crippen LogP contribution < -0.4 is 20.1 Å². The topological polar surface area (TPSA) is 143 Å². The normalized spacial score (nSPS) is 17.6. The Morgan fingerprint density at radius 1 is 1.14 bits per heavy atom. The Balaban J connectivity index is 1.36. The largest absolute Gasteiger partial charge is 0.601 e. The molecule has 10 nitrogen and oxygen atoms in total. The van der Waals surface area contributed by atoms with Gasteiger partial charge in [0.2, 0.25) is 5.91 Å². The van der Waals surface area contributed by atoms with Gasteiger partial charge in [-0.05, 0) is 48.9 Å². The highest BCUT2D eigenvalue weighted by molar-refractivity contribution is 8.67. The molecule has 5 rings (SSSR count). The van der Waals surface area contributed by atoms with Gasteiger partial charge in [0, 0.05) is 30.0 Å². The summed E-state index contributed by atoms with van der Waals surface area (Å²) >= 11 is 6.45. The van der Waals surface area contributed by atoms with Crippen LogP contribution >= 0.6 is 11.6 Å². The molecule has 0 aliphatic carbocycles. The van der Waals surface area contributed by atoms with Crippen molar-refractivity contribution in [1.82, 2.24) is 9.97 Å². The minimum absolute atomic E-state index is 0.0248. The van der Waals surface area contributed by atoms with E-state index in [4.69, 9.17) is 21.1 Å². The minimum Gasteiger partial charge on any atom is -0.601 e. The highest BCUT2D eigenvalue weighted by Gasteiger charge is 2.45. The average molecular weight is 633 g/mol. The van der Waals surface area contributed by atoms with Crippen LogP contribution in [0.3, 0.4) is 0 Å². The zero-order chi connectivity index (χ0) is 29.9. The lowest BCUT2D eigenvalue weighted by Gasteiger charge is -2.16. The first-order chi connectivity index (χ1) is 20.1. The number of ether oxygens (including phenoxy) is 2. The Bertz CT molecular complexity index is 1740. The van der Waals surface area contributed by atoms with E-state index in [1.807, 2.05) is 0 Å². The van der Waals surface area contributed by atoms with Crippen LogP contribution in [0.5, 0.6) is 11.5 Å². The van der Waals surface area contributed by atoms with Crippen molar-refractivity contribution in [2.75, 3.05) is 23.0 Å². The summed E-state index contributed by atoms with van der Waals surface area (Å²) in [6, 6.07) is 14.5. The number of benzene rings is 3. The van der Waals surface area contributed by atoms with Crippen LogP contribution in [0.1, 0.15) is 25.3 Å². The second-order valence-electron chi connectivity index (χ2n) is 9.37. The van der Waals surface area contributed by atoms with E-state index in [0.29, 0.717) is 56.8 Å². The average Bonchev–Trinajstić information content (AvgIpc) is 3.20. The summed E-state index contributed by atoms with van der Waals surface area (Å²) in [5.41, 5.74) is 2.10. The van der Waals surface area contributed by atoms with Crippen molar-refractivity contribution in [2.45, 2.75) is 31.6 Å². The Labute approximate surface area is 249 Å². The molecular formula is C28H26ClFN4O6S2. The molecule has 2 unspecified atom stereocenters. The van der Waals surface area contributed by atoms with E-state index < -0.39 is 30.2 Å². The van der Waals surface area contributed by atoms with Crippen molar-refractivity contribution in [3.63, 3.8) is 0 Å². The molecule has 42 heavy (non-hydrogen) atoms. The van der Waals surface area contributed by atoms with Gasteiger partial charge in [-0.25, -0.2) is 14.4 Å². The number of rotatable bonds is 10. The summed E-state index contributed by atoms with van der Waals surface area (Å²) in [6.45, 7) is 2.24. The molecule has 0 bridgehead atoms. The van der Waals surface area contributed by atoms with Crippen LogP contribution in [0.25, 0.3) is 10.9 Å². The third-order valence-electron chi connectivity index (χ3n) is 6.48. The molecule has 1 aliphatic heterocycles. The monoisotopic (exact) mass is 632 g/mol. The lowest BCUT2D eigenvalue weighted by Crippen LogP contribution is -2.25. The fourth-order valence-electron chi connectivity index (χ4n) is 4.43. The van der Waals surface area contributed by atoms with E-state index in [2.05, 4.69) is 20.6 Å². The van der Waals surface area contributed by atoms with Crippen LogP contribution in [-0.4, -0.2) is 46.5 Å². The Morgan fingerprint density at radius 3 is 2.69 bits per heavy atom. The SMILES string of the molecule is CCOc1cc2ncnc(Nc3ccc(OCc4cccc(F)c4)c(Cl)c3)c2cc1NC(=O)CC1CC[S+]([O-])S1(=O)=O. The van der Waals surface area contributed by atoms with Crippen LogP contribution in [0.4, 0.5) is 21.6 Å². The zero-order valence-electron chi connectivity index (χ0n) is 22.3. The number of nitrogens with one attached hydrogen (secondary N) is 2. The van der Waals surface area contributed by atoms with E-state index >= 15 is 0 Å². The van der Waals surface area contributed by atoms with Gasteiger partial charge in [0.1, 0.15) is 47.1 Å². The third kappa shape index (κ3) is 6.70. The highest BCUT2D eigenvalue weighted by Crippen LogP contribution is 2.35. The molecule has 2 atom stereocenters. The maximum atomic E-state index is 13.5.